The highest BCUT2D eigenvalue weighted by molar-refractivity contribution is 5.71. The molecule has 2 heterocycles. The maximum absolute atomic E-state index is 11.6. The maximum Gasteiger partial charge on any atom is 0.407 e. The van der Waals surface area contributed by atoms with Crippen molar-refractivity contribution in [2.45, 2.75) is 33.2 Å². The first kappa shape index (κ1) is 15.5. The second kappa shape index (κ2) is 5.38. The number of hydrogen-bond donors (Lipinski definition) is 1. The lowest BCUT2D eigenvalue weighted by Crippen LogP contribution is -2.45. The zero-order valence-electron chi connectivity index (χ0n) is 13.7. The summed E-state index contributed by atoms with van der Waals surface area (Å²) in [7, 11) is 0. The van der Waals surface area contributed by atoms with E-state index in [4.69, 9.17) is 5.26 Å². The van der Waals surface area contributed by atoms with Crippen LogP contribution in [0.15, 0.2) is 24.5 Å². The predicted octanol–water partition coefficient (Wildman–Crippen LogP) is 3.38. The first-order valence-electron chi connectivity index (χ1n) is 7.87. The van der Waals surface area contributed by atoms with E-state index in [1.165, 1.54) is 5.57 Å². The van der Waals surface area contributed by atoms with Gasteiger partial charge < -0.3 is 10.0 Å². The van der Waals surface area contributed by atoms with E-state index in [2.05, 4.69) is 37.9 Å². The Morgan fingerprint density at radius 1 is 1.43 bits per heavy atom. The van der Waals surface area contributed by atoms with E-state index >= 15 is 0 Å². The summed E-state index contributed by atoms with van der Waals surface area (Å²) < 4.78 is 0. The van der Waals surface area contributed by atoms with Crippen LogP contribution in [0.1, 0.15) is 38.3 Å². The van der Waals surface area contributed by atoms with E-state index in [-0.39, 0.29) is 17.4 Å². The third kappa shape index (κ3) is 2.70. The molecule has 5 nitrogen and oxygen atoms in total. The molecule has 0 spiro atoms. The smallest absolute Gasteiger partial charge is 0.407 e. The molecule has 1 aliphatic heterocycles. The van der Waals surface area contributed by atoms with E-state index < -0.39 is 6.09 Å². The van der Waals surface area contributed by atoms with Crippen molar-refractivity contribution in [2.75, 3.05) is 6.54 Å². The first-order valence-corrected chi connectivity index (χ1v) is 7.87. The third-order valence-electron chi connectivity index (χ3n) is 4.92. The Hall–Kier alpha value is -2.35. The molecule has 1 N–H and O–H groups in total. The highest BCUT2D eigenvalue weighted by atomic mass is 16.4. The van der Waals surface area contributed by atoms with Crippen LogP contribution in [0.4, 0.5) is 4.79 Å². The lowest BCUT2D eigenvalue weighted by atomic mass is 9.78. The summed E-state index contributed by atoms with van der Waals surface area (Å²) in [6.45, 7) is 6.87. The number of carbonyl (C=O) groups is 1. The van der Waals surface area contributed by atoms with Crippen molar-refractivity contribution in [1.29, 1.82) is 5.26 Å². The van der Waals surface area contributed by atoms with Gasteiger partial charge in [-0.25, -0.2) is 4.79 Å². The van der Waals surface area contributed by atoms with Crippen LogP contribution < -0.4 is 0 Å². The van der Waals surface area contributed by atoms with Crippen molar-refractivity contribution in [3.8, 4) is 6.07 Å². The number of amides is 1. The minimum absolute atomic E-state index is 0.0189. The fraction of sp³-hybridized carbons (Fsp3) is 0.500. The highest BCUT2D eigenvalue weighted by Crippen LogP contribution is 2.49. The van der Waals surface area contributed by atoms with Gasteiger partial charge >= 0.3 is 6.09 Å². The largest absolute Gasteiger partial charge is 0.465 e. The Morgan fingerprint density at radius 2 is 2.17 bits per heavy atom. The van der Waals surface area contributed by atoms with Crippen LogP contribution in [-0.4, -0.2) is 33.7 Å². The average Bonchev–Trinajstić information content (AvgIpc) is 3.03. The molecule has 23 heavy (non-hydrogen) atoms. The number of likely N-dealkylation sites (tertiary alicyclic amines) is 1. The van der Waals surface area contributed by atoms with Crippen molar-refractivity contribution in [3.05, 3.63) is 35.7 Å². The molecule has 1 aromatic heterocycles. The van der Waals surface area contributed by atoms with Gasteiger partial charge in [0.05, 0.1) is 5.56 Å². The minimum Gasteiger partial charge on any atom is -0.465 e. The molecule has 1 fully saturated rings. The molecular formula is C18H21N3O2. The van der Waals surface area contributed by atoms with E-state index in [0.717, 1.165) is 12.0 Å². The molecule has 1 saturated heterocycles. The summed E-state index contributed by atoms with van der Waals surface area (Å²) in [5.41, 5.74) is 2.60. The van der Waals surface area contributed by atoms with Crippen LogP contribution >= 0.6 is 0 Å². The third-order valence-corrected chi connectivity index (χ3v) is 4.92. The minimum atomic E-state index is -0.831. The van der Waals surface area contributed by atoms with Crippen molar-refractivity contribution in [3.63, 3.8) is 0 Å². The van der Waals surface area contributed by atoms with Gasteiger partial charge in [-0.3, -0.25) is 4.98 Å². The van der Waals surface area contributed by atoms with Crippen LogP contribution in [0, 0.1) is 28.6 Å². The maximum atomic E-state index is 11.6. The lowest BCUT2D eigenvalue weighted by molar-refractivity contribution is 0.0978. The summed E-state index contributed by atoms with van der Waals surface area (Å²) in [6, 6.07) is 3.96. The van der Waals surface area contributed by atoms with Gasteiger partial charge in [-0.2, -0.15) is 5.26 Å². The van der Waals surface area contributed by atoms with Crippen LogP contribution in [0.3, 0.4) is 0 Å². The molecular weight excluding hydrogens is 290 g/mol. The van der Waals surface area contributed by atoms with Crippen molar-refractivity contribution in [2.24, 2.45) is 17.3 Å². The Morgan fingerprint density at radius 3 is 2.78 bits per heavy atom. The fourth-order valence-corrected chi connectivity index (χ4v) is 4.10. The molecule has 1 amide bonds. The monoisotopic (exact) mass is 311 g/mol. The van der Waals surface area contributed by atoms with Gasteiger partial charge in [0.15, 0.2) is 0 Å². The Bertz CT molecular complexity index is 712. The molecule has 3 rings (SSSR count). The number of nitriles is 1. The van der Waals surface area contributed by atoms with E-state index in [9.17, 15) is 9.90 Å². The molecule has 1 aliphatic carbocycles. The lowest BCUT2D eigenvalue weighted by Gasteiger charge is -2.36. The zero-order chi connectivity index (χ0) is 16.8. The van der Waals surface area contributed by atoms with E-state index in [1.807, 2.05) is 6.07 Å². The van der Waals surface area contributed by atoms with Crippen LogP contribution in [0.2, 0.25) is 0 Å². The zero-order valence-corrected chi connectivity index (χ0v) is 13.7. The fourth-order valence-electron chi connectivity index (χ4n) is 4.10. The van der Waals surface area contributed by atoms with Crippen molar-refractivity contribution < 1.29 is 9.90 Å². The van der Waals surface area contributed by atoms with Gasteiger partial charge in [0.2, 0.25) is 0 Å². The van der Waals surface area contributed by atoms with E-state index in [0.29, 0.717) is 18.0 Å². The number of pyridine rings is 1. The molecule has 0 radical (unpaired) electrons. The number of nitrogens with zero attached hydrogens (tertiary/aromatic N) is 3. The molecule has 0 aromatic carbocycles. The molecule has 2 aliphatic rings. The van der Waals surface area contributed by atoms with Gasteiger partial charge in [0.25, 0.3) is 0 Å². The van der Waals surface area contributed by atoms with Gasteiger partial charge in [0, 0.05) is 30.9 Å². The van der Waals surface area contributed by atoms with Crippen LogP contribution in [0.5, 0.6) is 0 Å². The topological polar surface area (TPSA) is 77.2 Å². The molecule has 5 heteroatoms. The Kier molecular flexibility index (Phi) is 3.63. The SMILES string of the molecule is CC(C)(C)C1C2C=C(c3cncc(C#N)c3)CC2CN1C(=O)O. The number of allylic oxidation sites excluding steroid dienone is 1. The molecule has 3 unspecified atom stereocenters. The van der Waals surface area contributed by atoms with Crippen molar-refractivity contribution >= 4 is 11.7 Å². The summed E-state index contributed by atoms with van der Waals surface area (Å²) >= 11 is 0. The number of hydrogen-bond acceptors (Lipinski definition) is 3. The highest BCUT2D eigenvalue weighted by Gasteiger charge is 2.50. The van der Waals surface area contributed by atoms with Gasteiger partial charge in [-0.05, 0) is 35.0 Å². The molecule has 1 aromatic rings. The first-order chi connectivity index (χ1) is 10.8. The summed E-state index contributed by atoms with van der Waals surface area (Å²) in [4.78, 5) is 17.3. The molecule has 0 saturated carbocycles. The standard InChI is InChI=1S/C18H21N3O2/c1-18(2,3)16-15-6-12(5-14(15)10-21(16)17(22)23)13-4-11(7-19)8-20-9-13/h4,6,8-9,14-16H,5,10H2,1-3H3,(H,22,23). The second-order valence-electron chi connectivity index (χ2n) is 7.55. The summed E-state index contributed by atoms with van der Waals surface area (Å²) in [5, 5.41) is 18.5. The number of fused-ring (bicyclic) bond motifs is 1. The van der Waals surface area contributed by atoms with Crippen LogP contribution in [0.25, 0.3) is 5.57 Å². The summed E-state index contributed by atoms with van der Waals surface area (Å²) in [5.74, 6) is 0.544. The molecule has 120 valence electrons. The number of aromatic nitrogens is 1. The van der Waals surface area contributed by atoms with Crippen LogP contribution in [-0.2, 0) is 0 Å². The predicted molar refractivity (Wildman–Crippen MR) is 86.5 cm³/mol. The molecule has 3 atom stereocenters. The number of carboxylic acid groups (broad SMARTS) is 1. The van der Waals surface area contributed by atoms with E-state index in [1.54, 1.807) is 17.3 Å². The second-order valence-corrected chi connectivity index (χ2v) is 7.55. The van der Waals surface area contributed by atoms with Gasteiger partial charge in [0.1, 0.15) is 6.07 Å². The van der Waals surface area contributed by atoms with Gasteiger partial charge in [-0.1, -0.05) is 26.8 Å². The average molecular weight is 311 g/mol. The normalized spacial score (nSPS) is 26.6. The quantitative estimate of drug-likeness (QED) is 0.862. The summed E-state index contributed by atoms with van der Waals surface area (Å²) in [6.07, 6.45) is 5.57. The Labute approximate surface area is 136 Å². The van der Waals surface area contributed by atoms with Crippen molar-refractivity contribution in [1.82, 2.24) is 9.88 Å². The number of rotatable bonds is 1. The molecule has 0 bridgehead atoms. The Balaban J connectivity index is 1.94. The van der Waals surface area contributed by atoms with Gasteiger partial charge in [-0.15, -0.1) is 0 Å².